The van der Waals surface area contributed by atoms with Gasteiger partial charge in [-0.05, 0) is 29.8 Å². The Morgan fingerprint density at radius 1 is 1.14 bits per heavy atom. The van der Waals surface area contributed by atoms with Gasteiger partial charge in [0.25, 0.3) is 0 Å². The third kappa shape index (κ3) is 2.83. The average molecular weight is 300 g/mol. The van der Waals surface area contributed by atoms with E-state index in [-0.39, 0.29) is 28.6 Å². The smallest absolute Gasteiger partial charge is 0.234 e. The van der Waals surface area contributed by atoms with E-state index in [1.54, 1.807) is 24.3 Å². The van der Waals surface area contributed by atoms with Crippen molar-refractivity contribution in [3.05, 3.63) is 66.0 Å². The van der Waals surface area contributed by atoms with Gasteiger partial charge >= 0.3 is 0 Å². The highest BCUT2D eigenvalue weighted by atomic mass is 32.2. The van der Waals surface area contributed by atoms with Crippen molar-refractivity contribution in [3.8, 4) is 0 Å². The standard InChI is InChI=1S/C16H13FN2OS/c17-12-6-4-5-11(9-12)14-10-15(20)19(16(18)21-14)13-7-2-1-3-8-13/h1-9,14,18H,10H2. The van der Waals surface area contributed by atoms with Crippen molar-refractivity contribution in [2.75, 3.05) is 4.90 Å². The molecule has 106 valence electrons. The molecule has 1 atom stereocenters. The van der Waals surface area contributed by atoms with Crippen molar-refractivity contribution in [2.45, 2.75) is 11.7 Å². The molecule has 0 spiro atoms. The molecular weight excluding hydrogens is 287 g/mol. The fourth-order valence-electron chi connectivity index (χ4n) is 2.32. The highest BCUT2D eigenvalue weighted by molar-refractivity contribution is 8.14. The summed E-state index contributed by atoms with van der Waals surface area (Å²) >= 11 is 1.28. The largest absolute Gasteiger partial charge is 0.278 e. The zero-order chi connectivity index (χ0) is 14.8. The van der Waals surface area contributed by atoms with Gasteiger partial charge in [-0.25, -0.2) is 4.39 Å². The van der Waals surface area contributed by atoms with Gasteiger partial charge in [0.05, 0.1) is 5.69 Å². The maximum Gasteiger partial charge on any atom is 0.234 e. The summed E-state index contributed by atoms with van der Waals surface area (Å²) in [6, 6.07) is 15.4. The van der Waals surface area contributed by atoms with Crippen LogP contribution in [-0.2, 0) is 4.79 Å². The molecule has 1 heterocycles. The van der Waals surface area contributed by atoms with Crippen molar-refractivity contribution in [2.24, 2.45) is 0 Å². The number of anilines is 1. The number of rotatable bonds is 2. The number of halogens is 1. The molecule has 1 saturated heterocycles. The fourth-order valence-corrected chi connectivity index (χ4v) is 3.41. The molecule has 1 amide bonds. The highest BCUT2D eigenvalue weighted by Gasteiger charge is 2.32. The number of amidine groups is 1. The molecule has 1 fully saturated rings. The van der Waals surface area contributed by atoms with Gasteiger partial charge < -0.3 is 0 Å². The molecule has 3 rings (SSSR count). The maximum absolute atomic E-state index is 13.3. The second-order valence-electron chi connectivity index (χ2n) is 4.74. The van der Waals surface area contributed by atoms with E-state index in [1.165, 1.54) is 28.8 Å². The van der Waals surface area contributed by atoms with Gasteiger partial charge in [0.1, 0.15) is 5.82 Å². The van der Waals surface area contributed by atoms with Crippen molar-refractivity contribution < 1.29 is 9.18 Å². The summed E-state index contributed by atoms with van der Waals surface area (Å²) in [6.45, 7) is 0. The maximum atomic E-state index is 13.3. The van der Waals surface area contributed by atoms with Crippen LogP contribution in [0.15, 0.2) is 54.6 Å². The van der Waals surface area contributed by atoms with E-state index >= 15 is 0 Å². The predicted molar refractivity (Wildman–Crippen MR) is 83.0 cm³/mol. The quantitative estimate of drug-likeness (QED) is 0.912. The van der Waals surface area contributed by atoms with Crippen LogP contribution in [0.4, 0.5) is 10.1 Å². The summed E-state index contributed by atoms with van der Waals surface area (Å²) in [7, 11) is 0. The van der Waals surface area contributed by atoms with E-state index < -0.39 is 0 Å². The molecule has 21 heavy (non-hydrogen) atoms. The summed E-state index contributed by atoms with van der Waals surface area (Å²) in [5, 5.41) is 8.09. The van der Waals surface area contributed by atoms with Crippen molar-refractivity contribution >= 4 is 28.5 Å². The minimum absolute atomic E-state index is 0.140. The first-order chi connectivity index (χ1) is 10.1. The van der Waals surface area contributed by atoms with Crippen molar-refractivity contribution in [1.29, 1.82) is 5.41 Å². The Labute approximate surface area is 126 Å². The monoisotopic (exact) mass is 300 g/mol. The van der Waals surface area contributed by atoms with Gasteiger partial charge in [0, 0.05) is 11.7 Å². The average Bonchev–Trinajstić information content (AvgIpc) is 2.47. The molecule has 5 heteroatoms. The molecule has 1 unspecified atom stereocenters. The first-order valence-electron chi connectivity index (χ1n) is 6.54. The van der Waals surface area contributed by atoms with Gasteiger partial charge in [-0.3, -0.25) is 15.1 Å². The minimum Gasteiger partial charge on any atom is -0.278 e. The lowest BCUT2D eigenvalue weighted by Gasteiger charge is -2.31. The number of hydrogen-bond acceptors (Lipinski definition) is 3. The molecule has 0 radical (unpaired) electrons. The van der Waals surface area contributed by atoms with Crippen LogP contribution in [-0.4, -0.2) is 11.1 Å². The lowest BCUT2D eigenvalue weighted by Crippen LogP contribution is -2.39. The normalized spacial score (nSPS) is 18.9. The Kier molecular flexibility index (Phi) is 3.75. The van der Waals surface area contributed by atoms with Crippen molar-refractivity contribution in [1.82, 2.24) is 0 Å². The molecule has 1 aliphatic heterocycles. The second-order valence-corrected chi connectivity index (χ2v) is 5.93. The van der Waals surface area contributed by atoms with E-state index in [2.05, 4.69) is 0 Å². The summed E-state index contributed by atoms with van der Waals surface area (Å²) in [6.07, 6.45) is 0.255. The molecule has 2 aromatic carbocycles. The van der Waals surface area contributed by atoms with Crippen LogP contribution in [0.1, 0.15) is 17.2 Å². The van der Waals surface area contributed by atoms with Crippen LogP contribution in [0.25, 0.3) is 0 Å². The summed E-state index contributed by atoms with van der Waals surface area (Å²) < 4.78 is 13.3. The summed E-state index contributed by atoms with van der Waals surface area (Å²) in [5.74, 6) is -0.461. The Morgan fingerprint density at radius 3 is 2.57 bits per heavy atom. The molecule has 0 saturated carbocycles. The number of nitrogens with zero attached hydrogens (tertiary/aromatic N) is 1. The van der Waals surface area contributed by atoms with Gasteiger partial charge in [0.2, 0.25) is 5.91 Å². The van der Waals surface area contributed by atoms with Crippen LogP contribution in [0.5, 0.6) is 0 Å². The van der Waals surface area contributed by atoms with E-state index in [1.807, 2.05) is 18.2 Å². The predicted octanol–water partition coefficient (Wildman–Crippen LogP) is 3.97. The van der Waals surface area contributed by atoms with Crippen LogP contribution < -0.4 is 4.90 Å². The molecule has 0 aromatic heterocycles. The Bertz CT molecular complexity index is 672. The van der Waals surface area contributed by atoms with Gasteiger partial charge in [-0.15, -0.1) is 0 Å². The van der Waals surface area contributed by atoms with Gasteiger partial charge in [0.15, 0.2) is 5.17 Å². The number of nitrogens with one attached hydrogen (secondary N) is 1. The van der Waals surface area contributed by atoms with Gasteiger partial charge in [-0.1, -0.05) is 42.1 Å². The second kappa shape index (κ2) is 5.69. The molecule has 3 nitrogen and oxygen atoms in total. The van der Waals surface area contributed by atoms with E-state index in [0.717, 1.165) is 5.56 Å². The van der Waals surface area contributed by atoms with Crippen LogP contribution in [0.2, 0.25) is 0 Å². The summed E-state index contributed by atoms with van der Waals surface area (Å²) in [5.41, 5.74) is 1.43. The molecule has 2 aromatic rings. The third-order valence-electron chi connectivity index (χ3n) is 3.30. The van der Waals surface area contributed by atoms with Crippen LogP contribution >= 0.6 is 11.8 Å². The molecule has 0 bridgehead atoms. The first-order valence-corrected chi connectivity index (χ1v) is 7.42. The SMILES string of the molecule is N=C1SC(c2cccc(F)c2)CC(=O)N1c1ccccc1. The zero-order valence-electron chi connectivity index (χ0n) is 11.1. The Hall–Kier alpha value is -2.14. The number of carbonyl (C=O) groups excluding carboxylic acids is 1. The number of thioether (sulfide) groups is 1. The number of hydrogen-bond donors (Lipinski definition) is 1. The first kappa shape index (κ1) is 13.8. The number of para-hydroxylation sites is 1. The molecule has 1 N–H and O–H groups in total. The highest BCUT2D eigenvalue weighted by Crippen LogP contribution is 2.39. The Morgan fingerprint density at radius 2 is 1.90 bits per heavy atom. The summed E-state index contributed by atoms with van der Waals surface area (Å²) in [4.78, 5) is 13.8. The lowest BCUT2D eigenvalue weighted by molar-refractivity contribution is -0.117. The van der Waals surface area contributed by atoms with Crippen LogP contribution in [0, 0.1) is 11.2 Å². The van der Waals surface area contributed by atoms with Crippen LogP contribution in [0.3, 0.4) is 0 Å². The molecule has 0 aliphatic carbocycles. The number of benzene rings is 2. The molecular formula is C16H13FN2OS. The lowest BCUT2D eigenvalue weighted by atomic mass is 10.1. The fraction of sp³-hybridized carbons (Fsp3) is 0.125. The third-order valence-corrected chi connectivity index (χ3v) is 4.43. The zero-order valence-corrected chi connectivity index (χ0v) is 11.9. The van der Waals surface area contributed by atoms with E-state index in [9.17, 15) is 9.18 Å². The van der Waals surface area contributed by atoms with Gasteiger partial charge in [-0.2, -0.15) is 0 Å². The van der Waals surface area contributed by atoms with Crippen molar-refractivity contribution in [3.63, 3.8) is 0 Å². The topological polar surface area (TPSA) is 44.2 Å². The number of amides is 1. The van der Waals surface area contributed by atoms with E-state index in [4.69, 9.17) is 5.41 Å². The number of carbonyl (C=O) groups is 1. The molecule has 1 aliphatic rings. The van der Waals surface area contributed by atoms with E-state index in [0.29, 0.717) is 5.69 Å². The Balaban J connectivity index is 1.85. The minimum atomic E-state index is -0.322.